The van der Waals surface area contributed by atoms with Gasteiger partial charge in [-0.1, -0.05) is 151 Å². The molecule has 6 heteroatoms. The molecule has 0 amide bonds. The molecule has 0 aliphatic carbocycles. The number of aliphatic imine (C=N–C) groups is 2. The lowest BCUT2D eigenvalue weighted by Gasteiger charge is -2.32. The van der Waals surface area contributed by atoms with Gasteiger partial charge in [-0.15, -0.1) is 11.3 Å². The highest BCUT2D eigenvalue weighted by molar-refractivity contribution is 7.22. The van der Waals surface area contributed by atoms with E-state index >= 15 is 0 Å². The molecule has 0 spiro atoms. The number of pyridine rings is 1. The number of amidine groups is 2. The highest BCUT2D eigenvalue weighted by Gasteiger charge is 2.18. The Bertz CT molecular complexity index is 2520. The molecule has 0 saturated carbocycles. The molecule has 6 aromatic carbocycles. The third kappa shape index (κ3) is 5.58. The Labute approximate surface area is 288 Å². The zero-order valence-corrected chi connectivity index (χ0v) is 27.1. The molecule has 5 nitrogen and oxygen atoms in total. The highest BCUT2D eigenvalue weighted by atomic mass is 32.1. The molecule has 0 fully saturated rings. The van der Waals surface area contributed by atoms with Crippen LogP contribution < -0.4 is 0 Å². The van der Waals surface area contributed by atoms with E-state index in [0.717, 1.165) is 65.2 Å². The van der Waals surface area contributed by atoms with E-state index in [4.69, 9.17) is 25.3 Å². The fourth-order valence-electron chi connectivity index (χ4n) is 6.25. The van der Waals surface area contributed by atoms with E-state index in [1.54, 1.807) is 11.3 Å². The number of hydrogen-bond acceptors (Lipinski definition) is 5. The number of aromatic nitrogens is 2. The van der Waals surface area contributed by atoms with Gasteiger partial charge in [0.1, 0.15) is 5.01 Å². The quantitative estimate of drug-likeness (QED) is 0.180. The van der Waals surface area contributed by atoms with Gasteiger partial charge in [0, 0.05) is 16.5 Å². The second-order valence-electron chi connectivity index (χ2n) is 11.9. The molecule has 9 rings (SSSR count). The summed E-state index contributed by atoms with van der Waals surface area (Å²) in [5, 5.41) is 6.91. The maximum absolute atomic E-state index is 5.27. The van der Waals surface area contributed by atoms with E-state index in [1.807, 2.05) is 60.7 Å². The van der Waals surface area contributed by atoms with E-state index in [2.05, 4.69) is 103 Å². The molecular formula is C43H28N5S-. The van der Waals surface area contributed by atoms with Crippen LogP contribution in [-0.2, 0) is 0 Å². The van der Waals surface area contributed by atoms with Crippen molar-refractivity contribution in [2.75, 3.05) is 0 Å². The summed E-state index contributed by atoms with van der Waals surface area (Å²) < 4.78 is 1.06. The molecule has 1 aliphatic rings. The lowest BCUT2D eigenvalue weighted by molar-refractivity contribution is 0.878. The maximum Gasteiger partial charge on any atom is 0.124 e. The SMILES string of the molecule is c1ccc(C2=NC(c3cccc(-c4nc5c(s4)c(-c4cccc(-c6ccccc6)c4)nc4ccccc45)c3)=NC(c3ccccc3)[N-]2)cc1. The number of para-hydroxylation sites is 1. The van der Waals surface area contributed by atoms with Gasteiger partial charge in [-0.05, 0) is 46.0 Å². The van der Waals surface area contributed by atoms with Crippen LogP contribution in [0.3, 0.4) is 0 Å². The number of nitrogens with zero attached hydrogens (tertiary/aromatic N) is 5. The van der Waals surface area contributed by atoms with Crippen LogP contribution in [0.1, 0.15) is 22.9 Å². The lowest BCUT2D eigenvalue weighted by Crippen LogP contribution is -2.15. The van der Waals surface area contributed by atoms with Crippen LogP contribution in [-0.4, -0.2) is 21.6 Å². The van der Waals surface area contributed by atoms with Gasteiger partial charge in [0.25, 0.3) is 0 Å². The minimum Gasteiger partial charge on any atom is -0.438 e. The van der Waals surface area contributed by atoms with Crippen molar-refractivity contribution in [3.05, 3.63) is 186 Å². The second-order valence-corrected chi connectivity index (χ2v) is 12.9. The molecule has 1 atom stereocenters. The van der Waals surface area contributed by atoms with Crippen molar-refractivity contribution in [2.45, 2.75) is 6.17 Å². The van der Waals surface area contributed by atoms with Crippen LogP contribution in [0.5, 0.6) is 0 Å². The first-order chi connectivity index (χ1) is 24.3. The predicted molar refractivity (Wildman–Crippen MR) is 203 cm³/mol. The third-order valence-electron chi connectivity index (χ3n) is 8.68. The number of thiazole rings is 1. The van der Waals surface area contributed by atoms with Gasteiger partial charge in [-0.25, -0.2) is 9.97 Å². The lowest BCUT2D eigenvalue weighted by atomic mass is 10.0. The van der Waals surface area contributed by atoms with Gasteiger partial charge in [0.15, 0.2) is 0 Å². The number of fused-ring (bicyclic) bond motifs is 3. The number of benzene rings is 6. The van der Waals surface area contributed by atoms with E-state index in [1.165, 1.54) is 5.56 Å². The van der Waals surface area contributed by atoms with Crippen molar-refractivity contribution in [1.82, 2.24) is 9.97 Å². The normalized spacial score (nSPS) is 14.3. The van der Waals surface area contributed by atoms with Crippen molar-refractivity contribution in [2.24, 2.45) is 9.98 Å². The zero-order valence-electron chi connectivity index (χ0n) is 26.3. The van der Waals surface area contributed by atoms with E-state index in [9.17, 15) is 0 Å². The summed E-state index contributed by atoms with van der Waals surface area (Å²) in [7, 11) is 0. The Balaban J connectivity index is 1.17. The smallest absolute Gasteiger partial charge is 0.124 e. The van der Waals surface area contributed by atoms with Crippen LogP contribution in [0.15, 0.2) is 174 Å². The fourth-order valence-corrected chi connectivity index (χ4v) is 7.34. The minimum atomic E-state index is -0.387. The van der Waals surface area contributed by atoms with Gasteiger partial charge in [0.05, 0.1) is 33.4 Å². The van der Waals surface area contributed by atoms with Crippen molar-refractivity contribution in [1.29, 1.82) is 0 Å². The van der Waals surface area contributed by atoms with E-state index in [0.29, 0.717) is 11.7 Å². The average molecular weight is 647 g/mol. The Morgan fingerprint density at radius 1 is 0.510 bits per heavy atom. The Kier molecular flexibility index (Phi) is 7.33. The summed E-state index contributed by atoms with van der Waals surface area (Å²) in [5.74, 6) is 1.32. The Morgan fingerprint density at radius 3 is 1.92 bits per heavy atom. The van der Waals surface area contributed by atoms with Crippen molar-refractivity contribution < 1.29 is 0 Å². The average Bonchev–Trinajstić information content (AvgIpc) is 3.65. The highest BCUT2D eigenvalue weighted by Crippen LogP contribution is 2.40. The molecule has 2 aromatic heterocycles. The minimum absolute atomic E-state index is 0.387. The second kappa shape index (κ2) is 12.4. The maximum atomic E-state index is 5.27. The van der Waals surface area contributed by atoms with Crippen molar-refractivity contribution in [3.8, 4) is 33.0 Å². The molecule has 0 N–H and O–H groups in total. The predicted octanol–water partition coefficient (Wildman–Crippen LogP) is 11.1. The standard InChI is InChI=1S/C43H28N5S/c1-4-14-28(15-5-1)31-20-12-21-32(26-31)37-39-38(35-24-10-11-25-36(35)44-37)45-43(49-39)34-23-13-22-33(27-34)42-47-40(29-16-6-2-7-17-29)46-41(48-42)30-18-8-3-9-19-30/h1-27,40H/q-1. The molecule has 232 valence electrons. The third-order valence-corrected chi connectivity index (χ3v) is 9.79. The van der Waals surface area contributed by atoms with Crippen molar-refractivity contribution >= 4 is 44.1 Å². The number of hydrogen-bond donors (Lipinski definition) is 0. The molecule has 0 radical (unpaired) electrons. The van der Waals surface area contributed by atoms with E-state index in [-0.39, 0.29) is 6.17 Å². The van der Waals surface area contributed by atoms with Gasteiger partial charge in [-0.2, -0.15) is 0 Å². The molecular weight excluding hydrogens is 619 g/mol. The zero-order chi connectivity index (χ0) is 32.6. The van der Waals surface area contributed by atoms with Crippen LogP contribution >= 0.6 is 11.3 Å². The summed E-state index contributed by atoms with van der Waals surface area (Å²) in [5.41, 5.74) is 10.1. The summed E-state index contributed by atoms with van der Waals surface area (Å²) in [4.78, 5) is 20.5. The molecule has 0 bridgehead atoms. The van der Waals surface area contributed by atoms with Crippen LogP contribution in [0, 0.1) is 0 Å². The summed E-state index contributed by atoms with van der Waals surface area (Å²) in [6, 6.07) is 56.0. The summed E-state index contributed by atoms with van der Waals surface area (Å²) >= 11 is 1.67. The van der Waals surface area contributed by atoms with Gasteiger partial charge in [-0.3, -0.25) is 4.99 Å². The molecule has 1 aliphatic heterocycles. The largest absolute Gasteiger partial charge is 0.438 e. The van der Waals surface area contributed by atoms with E-state index < -0.39 is 0 Å². The van der Waals surface area contributed by atoms with Gasteiger partial charge >= 0.3 is 0 Å². The molecule has 49 heavy (non-hydrogen) atoms. The van der Waals surface area contributed by atoms with Crippen LogP contribution in [0.2, 0.25) is 0 Å². The monoisotopic (exact) mass is 646 g/mol. The first kappa shape index (κ1) is 28.9. The molecule has 0 saturated heterocycles. The van der Waals surface area contributed by atoms with Crippen LogP contribution in [0.25, 0.3) is 59.4 Å². The summed E-state index contributed by atoms with van der Waals surface area (Å²) in [6.45, 7) is 0. The van der Waals surface area contributed by atoms with Crippen molar-refractivity contribution in [3.63, 3.8) is 0 Å². The molecule has 1 unspecified atom stereocenters. The van der Waals surface area contributed by atoms with Gasteiger partial charge < -0.3 is 10.3 Å². The first-order valence-electron chi connectivity index (χ1n) is 16.2. The van der Waals surface area contributed by atoms with Crippen LogP contribution in [0.4, 0.5) is 0 Å². The Morgan fingerprint density at radius 2 is 1.12 bits per heavy atom. The Hall–Kier alpha value is -6.24. The topological polar surface area (TPSA) is 64.6 Å². The summed E-state index contributed by atoms with van der Waals surface area (Å²) in [6.07, 6.45) is -0.387. The molecule has 8 aromatic rings. The molecule has 3 heterocycles. The number of rotatable bonds is 6. The fraction of sp³-hybridized carbons (Fsp3) is 0.0233. The first-order valence-corrected chi connectivity index (χ1v) is 17.0. The van der Waals surface area contributed by atoms with Gasteiger partial charge in [0.2, 0.25) is 0 Å².